The first kappa shape index (κ1) is 18.8. The summed E-state index contributed by atoms with van der Waals surface area (Å²) in [5, 5.41) is 3.22. The van der Waals surface area contributed by atoms with E-state index in [4.69, 9.17) is 19.9 Å². The van der Waals surface area contributed by atoms with Gasteiger partial charge in [0.25, 0.3) is 0 Å². The molecule has 2 saturated heterocycles. The van der Waals surface area contributed by atoms with E-state index >= 15 is 0 Å². The van der Waals surface area contributed by atoms with Crippen molar-refractivity contribution in [3.63, 3.8) is 0 Å². The Labute approximate surface area is 154 Å². The third-order valence-electron chi connectivity index (χ3n) is 5.55. The van der Waals surface area contributed by atoms with Gasteiger partial charge in [-0.15, -0.1) is 0 Å². The van der Waals surface area contributed by atoms with Crippen molar-refractivity contribution in [3.05, 3.63) is 18.2 Å². The summed E-state index contributed by atoms with van der Waals surface area (Å²) in [6, 6.07) is 5.96. The van der Waals surface area contributed by atoms with Gasteiger partial charge in [0.1, 0.15) is 11.5 Å². The van der Waals surface area contributed by atoms with E-state index in [1.165, 1.54) is 0 Å². The molecule has 144 valence electrons. The highest BCUT2D eigenvalue weighted by Gasteiger charge is 2.40. The topological polar surface area (TPSA) is 86.1 Å². The minimum atomic E-state index is -0.481. The van der Waals surface area contributed by atoms with Crippen LogP contribution in [0.15, 0.2) is 18.2 Å². The quantitative estimate of drug-likeness (QED) is 0.789. The van der Waals surface area contributed by atoms with Gasteiger partial charge in [0.2, 0.25) is 5.91 Å². The number of rotatable bonds is 6. The molecular formula is C19H29N3O4. The van der Waals surface area contributed by atoms with E-state index in [0.29, 0.717) is 32.6 Å². The SMILES string of the molecule is COc1cc(OC)cc(N2CCC(NC(=O)C3(CN)CCOCC3)C2)c1. The molecule has 1 aromatic carbocycles. The summed E-state index contributed by atoms with van der Waals surface area (Å²) in [5.74, 6) is 1.59. The first-order valence-corrected chi connectivity index (χ1v) is 9.17. The average Bonchev–Trinajstić information content (AvgIpc) is 3.16. The fraction of sp³-hybridized carbons (Fsp3) is 0.632. The monoisotopic (exact) mass is 363 g/mol. The van der Waals surface area contributed by atoms with Crippen LogP contribution in [0.25, 0.3) is 0 Å². The second-order valence-electron chi connectivity index (χ2n) is 7.07. The van der Waals surface area contributed by atoms with Gasteiger partial charge < -0.3 is 30.2 Å². The first-order chi connectivity index (χ1) is 12.6. The van der Waals surface area contributed by atoms with Crippen LogP contribution in [0.4, 0.5) is 5.69 Å². The molecule has 3 rings (SSSR count). The minimum Gasteiger partial charge on any atom is -0.497 e. The molecule has 26 heavy (non-hydrogen) atoms. The lowest BCUT2D eigenvalue weighted by Gasteiger charge is -2.35. The number of ether oxygens (including phenoxy) is 3. The molecule has 2 aliphatic rings. The summed E-state index contributed by atoms with van der Waals surface area (Å²) in [4.78, 5) is 15.1. The fourth-order valence-corrected chi connectivity index (χ4v) is 3.71. The van der Waals surface area contributed by atoms with Crippen LogP contribution in [0.5, 0.6) is 11.5 Å². The molecule has 0 radical (unpaired) electrons. The predicted molar refractivity (Wildman–Crippen MR) is 99.8 cm³/mol. The van der Waals surface area contributed by atoms with Crippen molar-refractivity contribution >= 4 is 11.6 Å². The van der Waals surface area contributed by atoms with Crippen LogP contribution in [0.2, 0.25) is 0 Å². The Morgan fingerprint density at radius 3 is 2.50 bits per heavy atom. The molecule has 7 heteroatoms. The molecule has 2 heterocycles. The van der Waals surface area contributed by atoms with E-state index in [1.807, 2.05) is 18.2 Å². The normalized spacial score (nSPS) is 22.1. The number of carbonyl (C=O) groups excluding carboxylic acids is 1. The maximum atomic E-state index is 12.8. The van der Waals surface area contributed by atoms with Gasteiger partial charge in [-0.3, -0.25) is 4.79 Å². The van der Waals surface area contributed by atoms with E-state index in [2.05, 4.69) is 10.2 Å². The Kier molecular flexibility index (Phi) is 5.88. The highest BCUT2D eigenvalue weighted by Crippen LogP contribution is 2.32. The standard InChI is InChI=1S/C19H29N3O4/c1-24-16-9-15(10-17(11-16)25-2)22-6-3-14(12-22)21-18(23)19(13-20)4-7-26-8-5-19/h9-11,14H,3-8,12-13,20H2,1-2H3,(H,21,23). The largest absolute Gasteiger partial charge is 0.497 e. The fourth-order valence-electron chi connectivity index (χ4n) is 3.71. The zero-order chi connectivity index (χ0) is 18.6. The number of carbonyl (C=O) groups is 1. The molecule has 1 aromatic rings. The second kappa shape index (κ2) is 8.14. The number of benzene rings is 1. The predicted octanol–water partition coefficient (Wildman–Crippen LogP) is 1.15. The van der Waals surface area contributed by atoms with E-state index in [-0.39, 0.29) is 11.9 Å². The van der Waals surface area contributed by atoms with Gasteiger partial charge in [-0.2, -0.15) is 0 Å². The van der Waals surface area contributed by atoms with Crippen molar-refractivity contribution < 1.29 is 19.0 Å². The molecule has 3 N–H and O–H groups in total. The van der Waals surface area contributed by atoms with Crippen LogP contribution in [-0.4, -0.2) is 59.0 Å². The lowest BCUT2D eigenvalue weighted by molar-refractivity contribution is -0.136. The summed E-state index contributed by atoms with van der Waals surface area (Å²) in [5.41, 5.74) is 6.50. The Morgan fingerprint density at radius 1 is 1.27 bits per heavy atom. The molecule has 1 amide bonds. The van der Waals surface area contributed by atoms with Gasteiger partial charge in [0.15, 0.2) is 0 Å². The molecule has 0 spiro atoms. The van der Waals surface area contributed by atoms with Gasteiger partial charge in [0, 0.05) is 62.8 Å². The lowest BCUT2D eigenvalue weighted by Crippen LogP contribution is -2.52. The molecule has 2 fully saturated rings. The molecule has 7 nitrogen and oxygen atoms in total. The van der Waals surface area contributed by atoms with Crippen molar-refractivity contribution in [2.75, 3.05) is 52.0 Å². The molecule has 0 aliphatic carbocycles. The molecule has 0 aromatic heterocycles. The number of methoxy groups -OCH3 is 2. The van der Waals surface area contributed by atoms with Crippen molar-refractivity contribution in [2.45, 2.75) is 25.3 Å². The summed E-state index contributed by atoms with van der Waals surface area (Å²) < 4.78 is 16.1. The lowest BCUT2D eigenvalue weighted by atomic mass is 9.79. The summed E-state index contributed by atoms with van der Waals surface area (Å²) in [6.07, 6.45) is 2.29. The van der Waals surface area contributed by atoms with Crippen LogP contribution in [-0.2, 0) is 9.53 Å². The maximum absolute atomic E-state index is 12.8. The van der Waals surface area contributed by atoms with E-state index < -0.39 is 5.41 Å². The number of hydrogen-bond acceptors (Lipinski definition) is 6. The zero-order valence-corrected chi connectivity index (χ0v) is 15.6. The minimum absolute atomic E-state index is 0.0679. The third kappa shape index (κ3) is 3.88. The van der Waals surface area contributed by atoms with Gasteiger partial charge in [-0.1, -0.05) is 0 Å². The average molecular weight is 363 g/mol. The molecule has 0 saturated carbocycles. The Bertz CT molecular complexity index is 609. The number of nitrogens with zero attached hydrogens (tertiary/aromatic N) is 1. The Balaban J connectivity index is 1.64. The Hall–Kier alpha value is -1.99. The molecule has 1 atom stereocenters. The number of nitrogens with one attached hydrogen (secondary N) is 1. The summed E-state index contributed by atoms with van der Waals surface area (Å²) in [7, 11) is 3.29. The van der Waals surface area contributed by atoms with Gasteiger partial charge in [-0.25, -0.2) is 0 Å². The Morgan fingerprint density at radius 2 is 1.92 bits per heavy atom. The summed E-state index contributed by atoms with van der Waals surface area (Å²) >= 11 is 0. The molecule has 0 bridgehead atoms. The second-order valence-corrected chi connectivity index (χ2v) is 7.07. The van der Waals surface area contributed by atoms with Crippen molar-refractivity contribution in [2.24, 2.45) is 11.1 Å². The maximum Gasteiger partial charge on any atom is 0.227 e. The van der Waals surface area contributed by atoms with Crippen LogP contribution in [0.1, 0.15) is 19.3 Å². The van der Waals surface area contributed by atoms with Gasteiger partial charge in [0.05, 0.1) is 19.6 Å². The zero-order valence-electron chi connectivity index (χ0n) is 15.6. The van der Waals surface area contributed by atoms with E-state index in [9.17, 15) is 4.79 Å². The summed E-state index contributed by atoms with van der Waals surface area (Å²) in [6.45, 7) is 3.21. The van der Waals surface area contributed by atoms with Crippen molar-refractivity contribution in [1.29, 1.82) is 0 Å². The third-order valence-corrected chi connectivity index (χ3v) is 5.55. The molecular weight excluding hydrogens is 334 g/mol. The number of anilines is 1. The van der Waals surface area contributed by atoms with Gasteiger partial charge >= 0.3 is 0 Å². The number of nitrogens with two attached hydrogens (primary N) is 1. The van der Waals surface area contributed by atoms with Crippen molar-refractivity contribution in [3.8, 4) is 11.5 Å². The van der Waals surface area contributed by atoms with Crippen LogP contribution >= 0.6 is 0 Å². The van der Waals surface area contributed by atoms with E-state index in [0.717, 1.165) is 36.7 Å². The molecule has 2 aliphatic heterocycles. The molecule has 1 unspecified atom stereocenters. The number of amides is 1. The first-order valence-electron chi connectivity index (χ1n) is 9.17. The van der Waals surface area contributed by atoms with Crippen LogP contribution in [0, 0.1) is 5.41 Å². The van der Waals surface area contributed by atoms with Gasteiger partial charge in [-0.05, 0) is 19.3 Å². The highest BCUT2D eigenvalue weighted by molar-refractivity contribution is 5.83. The van der Waals surface area contributed by atoms with Crippen LogP contribution in [0.3, 0.4) is 0 Å². The number of hydrogen-bond donors (Lipinski definition) is 2. The highest BCUT2D eigenvalue weighted by atomic mass is 16.5. The van der Waals surface area contributed by atoms with E-state index in [1.54, 1.807) is 14.2 Å². The smallest absolute Gasteiger partial charge is 0.227 e. The van der Waals surface area contributed by atoms with Crippen LogP contribution < -0.4 is 25.4 Å². The van der Waals surface area contributed by atoms with Crippen molar-refractivity contribution in [1.82, 2.24) is 5.32 Å².